The average molecular weight is 649 g/mol. The molecule has 246 valence electrons. The van der Waals surface area contributed by atoms with E-state index in [1.807, 2.05) is 0 Å². The van der Waals surface area contributed by atoms with Gasteiger partial charge in [-0.3, -0.25) is 19.2 Å². The number of carbonyl (C=O) groups is 6. The van der Waals surface area contributed by atoms with Crippen LogP contribution in [-0.2, 0) is 60.6 Å². The van der Waals surface area contributed by atoms with E-state index in [9.17, 15) is 33.9 Å². The third kappa shape index (κ3) is 10.0. The second kappa shape index (κ2) is 16.9. The molecule has 0 heterocycles. The van der Waals surface area contributed by atoms with Crippen molar-refractivity contribution >= 4 is 41.9 Å². The Morgan fingerprint density at radius 1 is 0.596 bits per heavy atom. The van der Waals surface area contributed by atoms with Crippen LogP contribution in [0.25, 0.3) is 6.08 Å². The predicted octanol–water partition coefficient (Wildman–Crippen LogP) is 3.00. The molecule has 0 atom stereocenters. The highest BCUT2D eigenvalue weighted by Crippen LogP contribution is 2.23. The largest absolute Gasteiger partial charge is 0.508 e. The number of hydrogen-bond donors (Lipinski definition) is 1. The van der Waals surface area contributed by atoms with Crippen molar-refractivity contribution in [1.82, 2.24) is 0 Å². The molecule has 3 rings (SSSR count). The Labute approximate surface area is 269 Å². The van der Waals surface area contributed by atoms with E-state index in [0.29, 0.717) is 11.1 Å². The van der Waals surface area contributed by atoms with E-state index < -0.39 is 53.2 Å². The molecule has 3 aromatic carbocycles. The van der Waals surface area contributed by atoms with Gasteiger partial charge in [-0.1, -0.05) is 36.4 Å². The smallest absolute Gasteiger partial charge is 0.351 e. The Morgan fingerprint density at radius 2 is 1.00 bits per heavy atom. The van der Waals surface area contributed by atoms with Crippen LogP contribution in [0.2, 0.25) is 0 Å². The lowest BCUT2D eigenvalue weighted by molar-refractivity contribution is -0.160. The van der Waals surface area contributed by atoms with Crippen LogP contribution in [0.15, 0.2) is 78.4 Å². The maximum atomic E-state index is 13.4. The molecule has 0 saturated heterocycles. The van der Waals surface area contributed by atoms with Gasteiger partial charge >= 0.3 is 35.8 Å². The quantitative estimate of drug-likeness (QED) is 0.0715. The molecule has 13 heteroatoms. The molecule has 47 heavy (non-hydrogen) atoms. The minimum Gasteiger partial charge on any atom is -0.508 e. The zero-order chi connectivity index (χ0) is 34.5. The Morgan fingerprint density at radius 3 is 1.38 bits per heavy atom. The summed E-state index contributed by atoms with van der Waals surface area (Å²) in [4.78, 5) is 75.3. The lowest BCUT2D eigenvalue weighted by atomic mass is 9.99. The van der Waals surface area contributed by atoms with Gasteiger partial charge < -0.3 is 33.5 Å². The molecule has 0 saturated carbocycles. The van der Waals surface area contributed by atoms with Crippen molar-refractivity contribution in [2.75, 3.05) is 28.4 Å². The van der Waals surface area contributed by atoms with Gasteiger partial charge in [-0.25, -0.2) is 9.59 Å². The van der Waals surface area contributed by atoms with Crippen LogP contribution >= 0.6 is 0 Å². The average Bonchev–Trinajstić information content (AvgIpc) is 3.07. The molecule has 0 spiro atoms. The number of hydrogen-bond acceptors (Lipinski definition) is 13. The molecular formula is C34H32O13. The third-order valence-electron chi connectivity index (χ3n) is 6.66. The zero-order valence-corrected chi connectivity index (χ0v) is 25.9. The van der Waals surface area contributed by atoms with E-state index in [1.54, 1.807) is 12.1 Å². The number of aromatic hydroxyl groups is 1. The lowest BCUT2D eigenvalue weighted by Crippen LogP contribution is -2.28. The van der Waals surface area contributed by atoms with E-state index in [1.165, 1.54) is 60.7 Å². The second-order valence-corrected chi connectivity index (χ2v) is 9.83. The highest BCUT2D eigenvalue weighted by Gasteiger charge is 2.30. The molecule has 13 nitrogen and oxygen atoms in total. The van der Waals surface area contributed by atoms with Crippen molar-refractivity contribution in [1.29, 1.82) is 0 Å². The second-order valence-electron chi connectivity index (χ2n) is 9.83. The number of phenolic OH excluding ortho intramolecular Hbond substituents is 1. The fourth-order valence-electron chi connectivity index (χ4n) is 4.34. The fourth-order valence-corrected chi connectivity index (χ4v) is 4.34. The normalized spacial score (nSPS) is 10.4. The predicted molar refractivity (Wildman–Crippen MR) is 163 cm³/mol. The van der Waals surface area contributed by atoms with Crippen LogP contribution in [0.3, 0.4) is 0 Å². The molecule has 3 aromatic rings. The van der Waals surface area contributed by atoms with Crippen LogP contribution in [-0.4, -0.2) is 69.4 Å². The molecule has 0 radical (unpaired) electrons. The number of methoxy groups -OCH3 is 4. The van der Waals surface area contributed by atoms with Crippen molar-refractivity contribution in [3.8, 4) is 17.2 Å². The number of ether oxygens (including phenoxy) is 6. The SMILES string of the molecule is COC(=O)C(Cc1cccc(OC(=O)C(=Cc2cccc(O)c2)C(=O)Oc2cccc(CC(C(=O)OC)C(=O)OC)c2)c1)C(=O)OC. The molecule has 0 bridgehead atoms. The Bertz CT molecular complexity index is 1540. The Balaban J connectivity index is 1.89. The minimum atomic E-state index is -1.27. The first-order valence-electron chi connectivity index (χ1n) is 13.9. The molecule has 0 aliphatic rings. The summed E-state index contributed by atoms with van der Waals surface area (Å²) in [6.07, 6.45) is 0.914. The molecule has 0 aromatic heterocycles. The van der Waals surface area contributed by atoms with Crippen LogP contribution in [0, 0.1) is 11.8 Å². The van der Waals surface area contributed by atoms with E-state index in [-0.39, 0.29) is 35.7 Å². The summed E-state index contributed by atoms with van der Waals surface area (Å²) in [5.41, 5.74) is 0.558. The lowest BCUT2D eigenvalue weighted by Gasteiger charge is -2.14. The van der Waals surface area contributed by atoms with Crippen molar-refractivity contribution in [3.63, 3.8) is 0 Å². The van der Waals surface area contributed by atoms with Crippen LogP contribution in [0.4, 0.5) is 0 Å². The first-order chi connectivity index (χ1) is 22.5. The maximum Gasteiger partial charge on any atom is 0.351 e. The summed E-state index contributed by atoms with van der Waals surface area (Å²) >= 11 is 0. The van der Waals surface area contributed by atoms with E-state index >= 15 is 0 Å². The highest BCUT2D eigenvalue weighted by atomic mass is 16.6. The maximum absolute atomic E-state index is 13.4. The van der Waals surface area contributed by atoms with Gasteiger partial charge in [0.2, 0.25) is 0 Å². The summed E-state index contributed by atoms with van der Waals surface area (Å²) in [6.45, 7) is 0. The first kappa shape index (κ1) is 35.5. The zero-order valence-electron chi connectivity index (χ0n) is 25.9. The van der Waals surface area contributed by atoms with Gasteiger partial charge in [0.15, 0.2) is 11.8 Å². The number of phenols is 1. The summed E-state index contributed by atoms with van der Waals surface area (Å²) in [6, 6.07) is 17.6. The number of rotatable bonds is 13. The number of esters is 6. The number of benzene rings is 3. The summed E-state index contributed by atoms with van der Waals surface area (Å²) < 4.78 is 29.7. The fraction of sp³-hybridized carbons (Fsp3) is 0.235. The molecular weight excluding hydrogens is 616 g/mol. The van der Waals surface area contributed by atoms with Gasteiger partial charge in [0.25, 0.3) is 0 Å². The summed E-state index contributed by atoms with van der Waals surface area (Å²) in [7, 11) is 4.53. The van der Waals surface area contributed by atoms with Gasteiger partial charge in [-0.05, 0) is 72.0 Å². The molecule has 1 N–H and O–H groups in total. The van der Waals surface area contributed by atoms with Crippen molar-refractivity contribution in [2.45, 2.75) is 12.8 Å². The number of carbonyl (C=O) groups excluding carboxylic acids is 6. The monoisotopic (exact) mass is 648 g/mol. The first-order valence-corrected chi connectivity index (χ1v) is 13.9. The van der Waals surface area contributed by atoms with Crippen molar-refractivity contribution in [3.05, 3.63) is 95.1 Å². The van der Waals surface area contributed by atoms with Crippen LogP contribution in [0.1, 0.15) is 16.7 Å². The van der Waals surface area contributed by atoms with E-state index in [0.717, 1.165) is 34.5 Å². The standard InChI is InChI=1S/C34H32O13/c1-42-29(36)26(30(37)43-2)18-21-9-6-12-24(15-21)46-33(40)28(17-20-8-5-11-23(35)14-20)34(41)47-25-13-7-10-22(16-25)19-27(31(38)44-3)32(39)45-4/h5-17,26-27,35H,18-19H2,1-4H3. The van der Waals surface area contributed by atoms with Crippen LogP contribution < -0.4 is 9.47 Å². The molecule has 0 unspecified atom stereocenters. The topological polar surface area (TPSA) is 178 Å². The van der Waals surface area contributed by atoms with Crippen LogP contribution in [0.5, 0.6) is 17.2 Å². The molecule has 0 fully saturated rings. The third-order valence-corrected chi connectivity index (χ3v) is 6.66. The molecule has 0 aliphatic carbocycles. The minimum absolute atomic E-state index is 0.0192. The summed E-state index contributed by atoms with van der Waals surface area (Å²) in [5, 5.41) is 9.91. The summed E-state index contributed by atoms with van der Waals surface area (Å²) in [5.74, 6) is -8.19. The highest BCUT2D eigenvalue weighted by molar-refractivity contribution is 6.18. The van der Waals surface area contributed by atoms with Gasteiger partial charge in [-0.2, -0.15) is 0 Å². The van der Waals surface area contributed by atoms with Crippen molar-refractivity contribution < 1.29 is 62.3 Å². The van der Waals surface area contributed by atoms with E-state index in [2.05, 4.69) is 18.9 Å². The Hall–Kier alpha value is -5.98. The van der Waals surface area contributed by atoms with Gasteiger partial charge in [0.05, 0.1) is 28.4 Å². The van der Waals surface area contributed by atoms with Gasteiger partial charge in [-0.15, -0.1) is 0 Å². The molecule has 0 aliphatic heterocycles. The van der Waals surface area contributed by atoms with Crippen molar-refractivity contribution in [2.24, 2.45) is 11.8 Å². The van der Waals surface area contributed by atoms with Gasteiger partial charge in [0.1, 0.15) is 22.8 Å². The van der Waals surface area contributed by atoms with E-state index in [4.69, 9.17) is 9.47 Å². The van der Waals surface area contributed by atoms with Gasteiger partial charge in [0, 0.05) is 0 Å². The Kier molecular flexibility index (Phi) is 12.8. The molecule has 0 amide bonds.